The molecule has 1 heterocycles. The molecule has 0 spiro atoms. The van der Waals surface area contributed by atoms with Gasteiger partial charge in [0, 0.05) is 29.6 Å². The molecule has 0 radical (unpaired) electrons. The van der Waals surface area contributed by atoms with E-state index in [0.29, 0.717) is 12.2 Å². The van der Waals surface area contributed by atoms with Crippen molar-refractivity contribution in [3.05, 3.63) is 65.4 Å². The number of carbonyl (C=O) groups excluding carboxylic acids is 1. The minimum atomic E-state index is -0.113. The van der Waals surface area contributed by atoms with Crippen LogP contribution in [0.4, 0.5) is 0 Å². The summed E-state index contributed by atoms with van der Waals surface area (Å²) in [6.45, 7) is 2.59. The molecule has 0 bridgehead atoms. The highest BCUT2D eigenvalue weighted by atomic mass is 16.5. The number of fused-ring (bicyclic) bond motifs is 1. The Morgan fingerprint density at radius 2 is 1.88 bits per heavy atom. The lowest BCUT2D eigenvalue weighted by molar-refractivity contribution is 0.0700. The van der Waals surface area contributed by atoms with Gasteiger partial charge in [0.15, 0.2) is 0 Å². The Morgan fingerprint density at radius 1 is 1.15 bits per heavy atom. The summed E-state index contributed by atoms with van der Waals surface area (Å²) in [7, 11) is 1.61. The average molecular weight is 352 g/mol. The van der Waals surface area contributed by atoms with Crippen LogP contribution in [0.2, 0.25) is 0 Å². The summed E-state index contributed by atoms with van der Waals surface area (Å²) in [6.07, 6.45) is 0.757. The van der Waals surface area contributed by atoms with E-state index >= 15 is 0 Å². The third-order valence-electron chi connectivity index (χ3n) is 4.59. The first kappa shape index (κ1) is 18.0. The van der Waals surface area contributed by atoms with E-state index in [-0.39, 0.29) is 19.1 Å². The highest BCUT2D eigenvalue weighted by Crippen LogP contribution is 2.25. The number of hydrogen-bond donors (Lipinski definition) is 2. The van der Waals surface area contributed by atoms with Crippen molar-refractivity contribution in [2.24, 2.45) is 0 Å². The first-order valence-corrected chi connectivity index (χ1v) is 8.81. The fraction of sp³-hybridized carbons (Fsp3) is 0.286. The molecule has 0 unspecified atom stereocenters. The summed E-state index contributed by atoms with van der Waals surface area (Å²) < 4.78 is 5.39. The molecular formula is C21H24N2O3. The number of benzene rings is 2. The number of ether oxygens (including phenoxy) is 1. The fourth-order valence-corrected chi connectivity index (χ4v) is 3.32. The molecule has 0 saturated heterocycles. The minimum absolute atomic E-state index is 0.0947. The number of carbonyl (C=O) groups is 1. The van der Waals surface area contributed by atoms with Crippen molar-refractivity contribution in [2.75, 3.05) is 20.3 Å². The van der Waals surface area contributed by atoms with Crippen LogP contribution in [0, 0.1) is 0 Å². The van der Waals surface area contributed by atoms with Crippen LogP contribution < -0.4 is 4.74 Å². The molecule has 0 aliphatic rings. The van der Waals surface area contributed by atoms with Gasteiger partial charge in [0.2, 0.25) is 0 Å². The second-order valence-electron chi connectivity index (χ2n) is 6.14. The molecular weight excluding hydrogens is 328 g/mol. The number of aliphatic hydroxyl groups excluding tert-OH is 1. The number of para-hydroxylation sites is 2. The van der Waals surface area contributed by atoms with Crippen molar-refractivity contribution in [3.8, 4) is 5.75 Å². The van der Waals surface area contributed by atoms with Gasteiger partial charge in [0.25, 0.3) is 5.91 Å². The van der Waals surface area contributed by atoms with E-state index in [1.807, 2.05) is 55.5 Å². The molecule has 1 amide bonds. The zero-order chi connectivity index (χ0) is 18.5. The number of aliphatic hydroxyl groups is 1. The first-order chi connectivity index (χ1) is 12.7. The zero-order valence-electron chi connectivity index (χ0n) is 15.2. The van der Waals surface area contributed by atoms with E-state index in [4.69, 9.17) is 4.74 Å². The summed E-state index contributed by atoms with van der Waals surface area (Å²) >= 11 is 0. The van der Waals surface area contributed by atoms with E-state index in [1.165, 1.54) is 0 Å². The molecule has 2 aromatic carbocycles. The van der Waals surface area contributed by atoms with Gasteiger partial charge in [0.05, 0.1) is 13.7 Å². The Balaban J connectivity index is 1.97. The minimum Gasteiger partial charge on any atom is -0.496 e. The van der Waals surface area contributed by atoms with Gasteiger partial charge < -0.3 is 19.7 Å². The van der Waals surface area contributed by atoms with Gasteiger partial charge in [-0.25, -0.2) is 0 Å². The van der Waals surface area contributed by atoms with Gasteiger partial charge in [-0.3, -0.25) is 4.79 Å². The molecule has 0 fully saturated rings. The van der Waals surface area contributed by atoms with Gasteiger partial charge in [-0.2, -0.15) is 0 Å². The second kappa shape index (κ2) is 8.06. The van der Waals surface area contributed by atoms with Crippen LogP contribution in [0.5, 0.6) is 5.75 Å². The molecule has 0 aliphatic carbocycles. The van der Waals surface area contributed by atoms with Crippen molar-refractivity contribution in [2.45, 2.75) is 19.9 Å². The average Bonchev–Trinajstić information content (AvgIpc) is 3.06. The third-order valence-corrected chi connectivity index (χ3v) is 4.59. The molecule has 2 N–H and O–H groups in total. The predicted molar refractivity (Wildman–Crippen MR) is 102 cm³/mol. The van der Waals surface area contributed by atoms with Gasteiger partial charge in [-0.15, -0.1) is 0 Å². The molecule has 0 atom stereocenters. The van der Waals surface area contributed by atoms with Gasteiger partial charge in [0.1, 0.15) is 11.4 Å². The van der Waals surface area contributed by atoms with Crippen LogP contribution in [0.3, 0.4) is 0 Å². The van der Waals surface area contributed by atoms with Crippen LogP contribution in [0.25, 0.3) is 10.9 Å². The normalized spacial score (nSPS) is 10.9. The van der Waals surface area contributed by atoms with Crippen molar-refractivity contribution in [1.29, 1.82) is 0 Å². The maximum absolute atomic E-state index is 13.2. The molecule has 26 heavy (non-hydrogen) atoms. The Hall–Kier alpha value is -2.79. The molecule has 3 aromatic rings. The SMILES string of the molecule is CCc1c(C(=O)N(CCO)Cc2ccccc2OC)[nH]c2ccccc12. The largest absolute Gasteiger partial charge is 0.496 e. The van der Waals surface area contributed by atoms with Crippen molar-refractivity contribution in [3.63, 3.8) is 0 Å². The van der Waals surface area contributed by atoms with Crippen LogP contribution in [-0.4, -0.2) is 41.2 Å². The zero-order valence-corrected chi connectivity index (χ0v) is 15.2. The second-order valence-corrected chi connectivity index (χ2v) is 6.14. The van der Waals surface area contributed by atoms with E-state index in [9.17, 15) is 9.90 Å². The Bertz CT molecular complexity index is 901. The molecule has 3 rings (SSSR count). The maximum atomic E-state index is 13.2. The molecule has 5 heteroatoms. The van der Waals surface area contributed by atoms with Crippen molar-refractivity contribution >= 4 is 16.8 Å². The standard InChI is InChI=1S/C21H24N2O3/c1-3-16-17-9-5-6-10-18(17)22-20(16)21(25)23(12-13-24)14-15-8-4-7-11-19(15)26-2/h4-11,22,24H,3,12-14H2,1-2H3. The highest BCUT2D eigenvalue weighted by Gasteiger charge is 2.22. The maximum Gasteiger partial charge on any atom is 0.270 e. The number of aryl methyl sites for hydroxylation is 1. The highest BCUT2D eigenvalue weighted by molar-refractivity contribution is 6.01. The number of nitrogens with zero attached hydrogens (tertiary/aromatic N) is 1. The van der Waals surface area contributed by atoms with Crippen LogP contribution >= 0.6 is 0 Å². The number of rotatable bonds is 7. The van der Waals surface area contributed by atoms with Gasteiger partial charge in [-0.1, -0.05) is 43.3 Å². The lowest BCUT2D eigenvalue weighted by Crippen LogP contribution is -2.34. The van der Waals surface area contributed by atoms with Gasteiger partial charge in [-0.05, 0) is 24.1 Å². The molecule has 1 aromatic heterocycles. The van der Waals surface area contributed by atoms with Crippen LogP contribution in [0.15, 0.2) is 48.5 Å². The molecule has 0 saturated carbocycles. The smallest absolute Gasteiger partial charge is 0.270 e. The van der Waals surface area contributed by atoms with E-state index < -0.39 is 0 Å². The molecule has 0 aliphatic heterocycles. The number of aromatic amines is 1. The third kappa shape index (κ3) is 3.44. The quantitative estimate of drug-likeness (QED) is 0.685. The van der Waals surface area contributed by atoms with Gasteiger partial charge >= 0.3 is 0 Å². The number of hydrogen-bond acceptors (Lipinski definition) is 3. The summed E-state index contributed by atoms with van der Waals surface area (Å²) in [4.78, 5) is 18.1. The van der Waals surface area contributed by atoms with E-state index in [2.05, 4.69) is 4.98 Å². The van der Waals surface area contributed by atoms with Crippen molar-refractivity contribution < 1.29 is 14.6 Å². The monoisotopic (exact) mass is 352 g/mol. The Labute approximate surface area is 153 Å². The summed E-state index contributed by atoms with van der Waals surface area (Å²) in [5.41, 5.74) is 3.46. The lowest BCUT2D eigenvalue weighted by atomic mass is 10.1. The topological polar surface area (TPSA) is 65.6 Å². The first-order valence-electron chi connectivity index (χ1n) is 8.81. The van der Waals surface area contributed by atoms with Crippen molar-refractivity contribution in [1.82, 2.24) is 9.88 Å². The predicted octanol–water partition coefficient (Wildman–Crippen LogP) is 3.37. The van der Waals surface area contributed by atoms with Crippen LogP contribution in [0.1, 0.15) is 28.5 Å². The summed E-state index contributed by atoms with van der Waals surface area (Å²) in [5, 5.41) is 10.5. The van der Waals surface area contributed by atoms with E-state index in [0.717, 1.165) is 34.2 Å². The molecule has 136 valence electrons. The summed E-state index contributed by atoms with van der Waals surface area (Å²) in [5.74, 6) is 0.619. The molecule has 5 nitrogen and oxygen atoms in total. The number of methoxy groups -OCH3 is 1. The fourth-order valence-electron chi connectivity index (χ4n) is 3.32. The Morgan fingerprint density at radius 3 is 2.62 bits per heavy atom. The Kier molecular flexibility index (Phi) is 5.58. The van der Waals surface area contributed by atoms with E-state index in [1.54, 1.807) is 12.0 Å². The number of aromatic nitrogens is 1. The number of H-pyrrole nitrogens is 1. The lowest BCUT2D eigenvalue weighted by Gasteiger charge is -2.23. The summed E-state index contributed by atoms with van der Waals surface area (Å²) in [6, 6.07) is 15.5. The number of nitrogens with one attached hydrogen (secondary N) is 1. The number of amides is 1. The van der Waals surface area contributed by atoms with Crippen LogP contribution in [-0.2, 0) is 13.0 Å².